The number of benzene rings is 3. The van der Waals surface area contributed by atoms with Gasteiger partial charge in [0.2, 0.25) is 5.91 Å². The number of nitrogens with one attached hydrogen (secondary N) is 1. The quantitative estimate of drug-likeness (QED) is 0.224. The third kappa shape index (κ3) is 5.65. The van der Waals surface area contributed by atoms with Crippen LogP contribution in [0.5, 0.6) is 0 Å². The number of nitrogens with zero attached hydrogens (tertiary/aromatic N) is 1. The zero-order valence-electron chi connectivity index (χ0n) is 19.5. The Morgan fingerprint density at radius 2 is 1.64 bits per heavy atom. The minimum Gasteiger partial charge on any atom is -0.503 e. The number of anilines is 2. The number of carboxylic acids is 1. The average Bonchev–Trinajstić information content (AvgIpc) is 3.16. The van der Waals surface area contributed by atoms with E-state index in [2.05, 4.69) is 5.32 Å². The maximum absolute atomic E-state index is 15.1. The van der Waals surface area contributed by atoms with Crippen LogP contribution in [0.15, 0.2) is 84.1 Å². The molecule has 12 heteroatoms. The topological polar surface area (TPSA) is 124 Å². The number of hydrogen-bond acceptors (Lipinski definition) is 5. The Balaban J connectivity index is 1.80. The predicted molar refractivity (Wildman–Crippen MR) is 144 cm³/mol. The van der Waals surface area contributed by atoms with E-state index in [4.69, 9.17) is 39.9 Å². The molecule has 3 aromatic carbocycles. The van der Waals surface area contributed by atoms with Crippen LogP contribution in [-0.2, 0) is 14.4 Å². The highest BCUT2D eigenvalue weighted by molar-refractivity contribution is 6.42. The second-order valence-electron chi connectivity index (χ2n) is 8.16. The molecule has 198 valence electrons. The molecule has 0 aromatic heterocycles. The van der Waals surface area contributed by atoms with Crippen molar-refractivity contribution in [3.63, 3.8) is 0 Å². The lowest BCUT2D eigenvalue weighted by Gasteiger charge is -2.27. The summed E-state index contributed by atoms with van der Waals surface area (Å²) in [5.74, 6) is -5.82. The van der Waals surface area contributed by atoms with Crippen molar-refractivity contribution in [3.05, 3.63) is 116 Å². The van der Waals surface area contributed by atoms with Gasteiger partial charge in [-0.3, -0.25) is 19.3 Å². The van der Waals surface area contributed by atoms with Gasteiger partial charge in [0.05, 0.1) is 32.4 Å². The van der Waals surface area contributed by atoms with Gasteiger partial charge in [-0.15, -0.1) is 0 Å². The van der Waals surface area contributed by atoms with Gasteiger partial charge in [0, 0.05) is 23.4 Å². The van der Waals surface area contributed by atoms with Gasteiger partial charge in [-0.1, -0.05) is 59.1 Å². The normalized spacial score (nSPS) is 15.2. The number of carboxylic acid groups (broad SMARTS) is 1. The molecular formula is C27H16Cl3FN2O6. The van der Waals surface area contributed by atoms with Crippen LogP contribution >= 0.6 is 34.8 Å². The zero-order valence-corrected chi connectivity index (χ0v) is 21.8. The van der Waals surface area contributed by atoms with Crippen LogP contribution < -0.4 is 10.2 Å². The Morgan fingerprint density at radius 3 is 2.33 bits per heavy atom. The zero-order chi connectivity index (χ0) is 28.4. The van der Waals surface area contributed by atoms with Crippen molar-refractivity contribution in [2.24, 2.45) is 0 Å². The molecule has 39 heavy (non-hydrogen) atoms. The monoisotopic (exact) mass is 588 g/mol. The third-order valence-electron chi connectivity index (χ3n) is 5.67. The first-order valence-corrected chi connectivity index (χ1v) is 12.2. The molecule has 0 spiro atoms. The van der Waals surface area contributed by atoms with Crippen molar-refractivity contribution in [2.45, 2.75) is 6.04 Å². The van der Waals surface area contributed by atoms with Crippen molar-refractivity contribution in [1.29, 1.82) is 0 Å². The average molecular weight is 590 g/mol. The lowest BCUT2D eigenvalue weighted by Crippen LogP contribution is -2.32. The lowest BCUT2D eigenvalue weighted by atomic mass is 9.92. The van der Waals surface area contributed by atoms with Crippen LogP contribution in [0.2, 0.25) is 15.1 Å². The van der Waals surface area contributed by atoms with E-state index >= 15 is 4.39 Å². The van der Waals surface area contributed by atoms with E-state index in [-0.39, 0.29) is 43.1 Å². The maximum atomic E-state index is 15.1. The largest absolute Gasteiger partial charge is 0.503 e. The van der Waals surface area contributed by atoms with Crippen LogP contribution in [0.3, 0.4) is 0 Å². The van der Waals surface area contributed by atoms with Crippen molar-refractivity contribution < 1.29 is 33.8 Å². The number of carbonyl (C=O) groups excluding carboxylic acids is 3. The number of carbonyl (C=O) groups is 4. The summed E-state index contributed by atoms with van der Waals surface area (Å²) >= 11 is 18.2. The summed E-state index contributed by atoms with van der Waals surface area (Å²) in [7, 11) is 0. The van der Waals surface area contributed by atoms with E-state index in [9.17, 15) is 24.3 Å². The van der Waals surface area contributed by atoms with Crippen molar-refractivity contribution in [1.82, 2.24) is 0 Å². The molecule has 0 saturated carbocycles. The molecule has 1 unspecified atom stereocenters. The van der Waals surface area contributed by atoms with Crippen molar-refractivity contribution in [2.75, 3.05) is 10.2 Å². The highest BCUT2D eigenvalue weighted by Crippen LogP contribution is 2.44. The number of aliphatic hydroxyl groups excluding tert-OH is 1. The summed E-state index contributed by atoms with van der Waals surface area (Å²) in [6.45, 7) is 0. The molecule has 4 rings (SSSR count). The highest BCUT2D eigenvalue weighted by Gasteiger charge is 2.45. The van der Waals surface area contributed by atoms with Crippen LogP contribution in [0.1, 0.15) is 22.0 Å². The van der Waals surface area contributed by atoms with Crippen molar-refractivity contribution in [3.8, 4) is 0 Å². The van der Waals surface area contributed by atoms with Crippen LogP contribution in [0.25, 0.3) is 0 Å². The third-order valence-corrected chi connectivity index (χ3v) is 6.70. The first-order valence-electron chi connectivity index (χ1n) is 11.0. The molecule has 1 heterocycles. The van der Waals surface area contributed by atoms with Gasteiger partial charge < -0.3 is 15.5 Å². The van der Waals surface area contributed by atoms with Crippen LogP contribution in [-0.4, -0.2) is 33.8 Å². The summed E-state index contributed by atoms with van der Waals surface area (Å²) in [5, 5.41) is 22.0. The summed E-state index contributed by atoms with van der Waals surface area (Å²) < 4.78 is 15.1. The molecule has 0 aliphatic carbocycles. The maximum Gasteiger partial charge on any atom is 0.328 e. The number of aliphatic carboxylic acids is 1. The Bertz CT molecular complexity index is 1600. The number of halogens is 4. The number of aliphatic hydroxyl groups is 1. The Kier molecular flexibility index (Phi) is 8.06. The fraction of sp³-hybridized carbons (Fsp3) is 0.0370. The standard InChI is InChI=1S/C27H16Cl3FN2O6/c28-16-8-7-13(12-18(16)30)24-22(26(38)27(39)33(24)19-6-2-5-17(29)23(19)31)25(37)14-3-1-4-15(11-14)32-20(34)9-10-21(35)36/h1-12,24,38H,(H,32,34)(H,35,36)/b10-9+. The second-order valence-corrected chi connectivity index (χ2v) is 9.38. The molecule has 8 nitrogen and oxygen atoms in total. The first-order chi connectivity index (χ1) is 18.5. The Morgan fingerprint density at radius 1 is 0.923 bits per heavy atom. The number of rotatable bonds is 7. The van der Waals surface area contributed by atoms with Crippen LogP contribution in [0, 0.1) is 5.82 Å². The molecule has 0 radical (unpaired) electrons. The van der Waals surface area contributed by atoms with Gasteiger partial charge in [0.1, 0.15) is 0 Å². The van der Waals surface area contributed by atoms with E-state index in [1.54, 1.807) is 0 Å². The molecule has 2 amide bonds. The fourth-order valence-electron chi connectivity index (χ4n) is 3.99. The number of ketones is 1. The highest BCUT2D eigenvalue weighted by atomic mass is 35.5. The Hall–Kier alpha value is -4.18. The minimum atomic E-state index is -1.33. The number of Topliss-reactive ketones (excluding diaryl/α,β-unsaturated/α-hetero) is 1. The van der Waals surface area contributed by atoms with Gasteiger partial charge in [-0.25, -0.2) is 9.18 Å². The molecule has 1 aliphatic heterocycles. The summed E-state index contributed by atoms with van der Waals surface area (Å²) in [6, 6.07) is 12.4. The van der Waals surface area contributed by atoms with Gasteiger partial charge in [0.25, 0.3) is 5.91 Å². The predicted octanol–water partition coefficient (Wildman–Crippen LogP) is 6.15. The summed E-state index contributed by atoms with van der Waals surface area (Å²) in [5.41, 5.74) is -0.332. The molecule has 0 fully saturated rings. The molecule has 3 N–H and O–H groups in total. The van der Waals surface area contributed by atoms with Gasteiger partial charge in [-0.05, 0) is 42.0 Å². The molecule has 0 bridgehead atoms. The SMILES string of the molecule is O=C(O)/C=C/C(=O)Nc1cccc(C(=O)C2=C(O)C(=O)N(c3cccc(Cl)c3F)C2c2ccc(Cl)c(Cl)c2)c1. The summed E-state index contributed by atoms with van der Waals surface area (Å²) in [6.07, 6.45) is 1.43. The number of hydrogen-bond donors (Lipinski definition) is 3. The van der Waals surface area contributed by atoms with Gasteiger partial charge in [0.15, 0.2) is 17.4 Å². The fourth-order valence-corrected chi connectivity index (χ4v) is 4.46. The van der Waals surface area contributed by atoms with E-state index < -0.39 is 41.2 Å². The van der Waals surface area contributed by atoms with Gasteiger partial charge in [-0.2, -0.15) is 0 Å². The minimum absolute atomic E-state index is 0.0390. The molecule has 1 aliphatic rings. The second kappa shape index (κ2) is 11.3. The number of amides is 2. The molecule has 3 aromatic rings. The summed E-state index contributed by atoms with van der Waals surface area (Å²) in [4.78, 5) is 50.5. The van der Waals surface area contributed by atoms with E-state index in [1.165, 1.54) is 60.7 Å². The van der Waals surface area contributed by atoms with Crippen molar-refractivity contribution >= 4 is 69.7 Å². The lowest BCUT2D eigenvalue weighted by molar-refractivity contribution is -0.131. The van der Waals surface area contributed by atoms with E-state index in [1.807, 2.05) is 0 Å². The van der Waals surface area contributed by atoms with E-state index in [0.717, 1.165) is 11.0 Å². The molecular weight excluding hydrogens is 574 g/mol. The first kappa shape index (κ1) is 27.8. The Labute approximate surface area is 235 Å². The van der Waals surface area contributed by atoms with Crippen LogP contribution in [0.4, 0.5) is 15.8 Å². The molecule has 1 atom stereocenters. The molecule has 0 saturated heterocycles. The van der Waals surface area contributed by atoms with E-state index in [0.29, 0.717) is 6.08 Å². The smallest absolute Gasteiger partial charge is 0.328 e. The van der Waals surface area contributed by atoms with Gasteiger partial charge >= 0.3 is 5.97 Å².